The predicted molar refractivity (Wildman–Crippen MR) is 81.5 cm³/mol. The molecule has 0 saturated heterocycles. The highest BCUT2D eigenvalue weighted by Crippen LogP contribution is 2.30. The fraction of sp³-hybridized carbons (Fsp3) is 0.333. The van der Waals surface area contributed by atoms with Crippen LogP contribution in [0.1, 0.15) is 22.7 Å². The molecule has 2 aromatic rings. The third-order valence-electron chi connectivity index (χ3n) is 2.42. The highest BCUT2D eigenvalue weighted by Gasteiger charge is 2.14. The molecule has 0 aliphatic heterocycles. The van der Waals surface area contributed by atoms with Crippen molar-refractivity contribution in [2.24, 2.45) is 0 Å². The van der Waals surface area contributed by atoms with Crippen molar-refractivity contribution in [2.45, 2.75) is 19.4 Å². The maximum atomic E-state index is 5.96. The molecule has 0 saturated carbocycles. The topological polar surface area (TPSA) is 12.0 Å². The molecule has 92 valence electrons. The average molecular weight is 351 g/mol. The van der Waals surface area contributed by atoms with E-state index in [2.05, 4.69) is 45.7 Å². The molecule has 0 amide bonds. The van der Waals surface area contributed by atoms with E-state index in [1.54, 1.807) is 22.7 Å². The molecule has 0 aromatic carbocycles. The summed E-state index contributed by atoms with van der Waals surface area (Å²) in [6.45, 7) is 3.11. The van der Waals surface area contributed by atoms with E-state index in [1.165, 1.54) is 9.75 Å². The number of nitrogens with one attached hydrogen (secondary N) is 1. The molecular formula is C12H13BrClNS2. The Labute approximate surface area is 123 Å². The van der Waals surface area contributed by atoms with Gasteiger partial charge in [-0.15, -0.1) is 22.7 Å². The van der Waals surface area contributed by atoms with Gasteiger partial charge in [0.15, 0.2) is 0 Å². The monoisotopic (exact) mass is 349 g/mol. The van der Waals surface area contributed by atoms with Gasteiger partial charge in [-0.2, -0.15) is 0 Å². The molecule has 1 unspecified atom stereocenters. The van der Waals surface area contributed by atoms with Gasteiger partial charge in [0, 0.05) is 32.1 Å². The fourth-order valence-corrected chi connectivity index (χ4v) is 4.35. The first-order valence-electron chi connectivity index (χ1n) is 5.40. The van der Waals surface area contributed by atoms with Gasteiger partial charge in [-0.3, -0.25) is 0 Å². The highest BCUT2D eigenvalue weighted by molar-refractivity contribution is 9.10. The summed E-state index contributed by atoms with van der Waals surface area (Å²) in [6.07, 6.45) is 0.998. The van der Waals surface area contributed by atoms with Crippen molar-refractivity contribution in [3.63, 3.8) is 0 Å². The summed E-state index contributed by atoms with van der Waals surface area (Å²) in [7, 11) is 0. The minimum atomic E-state index is 0.381. The highest BCUT2D eigenvalue weighted by atomic mass is 79.9. The van der Waals surface area contributed by atoms with Crippen LogP contribution in [-0.2, 0) is 6.42 Å². The molecular weight excluding hydrogens is 338 g/mol. The first-order chi connectivity index (χ1) is 8.19. The van der Waals surface area contributed by atoms with E-state index >= 15 is 0 Å². The smallest absolute Gasteiger partial charge is 0.0931 e. The van der Waals surface area contributed by atoms with Gasteiger partial charge >= 0.3 is 0 Å². The van der Waals surface area contributed by atoms with Gasteiger partial charge in [-0.1, -0.05) is 18.5 Å². The minimum absolute atomic E-state index is 0.381. The van der Waals surface area contributed by atoms with Gasteiger partial charge in [0.1, 0.15) is 0 Å². The molecule has 2 rings (SSSR count). The first kappa shape index (κ1) is 13.6. The lowest BCUT2D eigenvalue weighted by Crippen LogP contribution is -2.21. The molecule has 0 aliphatic carbocycles. The van der Waals surface area contributed by atoms with E-state index in [0.717, 1.165) is 21.8 Å². The van der Waals surface area contributed by atoms with Crippen LogP contribution in [0.2, 0.25) is 4.34 Å². The van der Waals surface area contributed by atoms with Crippen LogP contribution >= 0.6 is 50.2 Å². The summed E-state index contributed by atoms with van der Waals surface area (Å²) in [5, 5.41) is 5.65. The quantitative estimate of drug-likeness (QED) is 0.789. The number of likely N-dealkylation sites (N-methyl/N-ethyl adjacent to an activating group) is 1. The summed E-state index contributed by atoms with van der Waals surface area (Å²) < 4.78 is 2.02. The zero-order chi connectivity index (χ0) is 12.3. The van der Waals surface area contributed by atoms with Gasteiger partial charge in [-0.25, -0.2) is 0 Å². The van der Waals surface area contributed by atoms with Crippen LogP contribution < -0.4 is 5.32 Å². The second kappa shape index (κ2) is 6.34. The number of hydrogen-bond acceptors (Lipinski definition) is 3. The predicted octanol–water partition coefficient (Wildman–Crippen LogP) is 5.12. The minimum Gasteiger partial charge on any atom is -0.309 e. The summed E-state index contributed by atoms with van der Waals surface area (Å²) in [5.41, 5.74) is 0. The van der Waals surface area contributed by atoms with Crippen molar-refractivity contribution in [3.8, 4) is 0 Å². The second-order valence-corrected chi connectivity index (χ2v) is 7.35. The Balaban J connectivity index is 2.12. The molecule has 17 heavy (non-hydrogen) atoms. The van der Waals surface area contributed by atoms with Crippen LogP contribution in [0.5, 0.6) is 0 Å². The van der Waals surface area contributed by atoms with E-state index in [9.17, 15) is 0 Å². The molecule has 0 radical (unpaired) electrons. The Kier molecular flexibility index (Phi) is 5.06. The lowest BCUT2D eigenvalue weighted by atomic mass is 10.1. The van der Waals surface area contributed by atoms with Gasteiger partial charge < -0.3 is 5.32 Å². The molecule has 0 fully saturated rings. The van der Waals surface area contributed by atoms with Crippen LogP contribution in [0.3, 0.4) is 0 Å². The standard InChI is InChI=1S/C12H13BrClNS2/c1-2-15-10(11-5-8(13)7-16-11)6-9-3-4-12(14)17-9/h3-5,7,10,15H,2,6H2,1H3. The van der Waals surface area contributed by atoms with Crippen molar-refractivity contribution in [1.29, 1.82) is 0 Å². The van der Waals surface area contributed by atoms with Crippen LogP contribution in [-0.4, -0.2) is 6.54 Å². The molecule has 1 atom stereocenters. The maximum absolute atomic E-state index is 5.96. The van der Waals surface area contributed by atoms with Crippen molar-refractivity contribution in [1.82, 2.24) is 5.32 Å². The third kappa shape index (κ3) is 3.80. The summed E-state index contributed by atoms with van der Waals surface area (Å²) in [6, 6.07) is 6.65. The molecule has 0 aliphatic rings. The van der Waals surface area contributed by atoms with Crippen LogP contribution in [0.25, 0.3) is 0 Å². The van der Waals surface area contributed by atoms with E-state index in [0.29, 0.717) is 6.04 Å². The average Bonchev–Trinajstić information content (AvgIpc) is 2.87. The number of thiophene rings is 2. The third-order valence-corrected chi connectivity index (χ3v) is 5.48. The molecule has 1 N–H and O–H groups in total. The summed E-state index contributed by atoms with van der Waals surface area (Å²) in [4.78, 5) is 2.69. The van der Waals surface area contributed by atoms with Crippen LogP contribution in [0.4, 0.5) is 0 Å². The lowest BCUT2D eigenvalue weighted by molar-refractivity contribution is 0.561. The molecule has 0 bridgehead atoms. The van der Waals surface area contributed by atoms with Crippen molar-refractivity contribution >= 4 is 50.2 Å². The van der Waals surface area contributed by atoms with Gasteiger partial charge in [0.05, 0.1) is 4.34 Å². The van der Waals surface area contributed by atoms with E-state index in [4.69, 9.17) is 11.6 Å². The fourth-order valence-electron chi connectivity index (χ4n) is 1.69. The Morgan fingerprint density at radius 2 is 2.29 bits per heavy atom. The first-order valence-corrected chi connectivity index (χ1v) is 8.27. The number of rotatable bonds is 5. The molecule has 1 nitrogen and oxygen atoms in total. The van der Waals surface area contributed by atoms with E-state index in [-0.39, 0.29) is 0 Å². The number of halogens is 2. The molecule has 0 spiro atoms. The van der Waals surface area contributed by atoms with E-state index in [1.807, 2.05) is 6.07 Å². The Hall–Kier alpha value is 0.130. The Morgan fingerprint density at radius 1 is 1.47 bits per heavy atom. The molecule has 2 aromatic heterocycles. The summed E-state index contributed by atoms with van der Waals surface area (Å²) >= 11 is 12.9. The second-order valence-electron chi connectivity index (χ2n) is 3.69. The zero-order valence-electron chi connectivity index (χ0n) is 9.37. The Bertz CT molecular complexity index is 480. The van der Waals surface area contributed by atoms with E-state index < -0.39 is 0 Å². The normalized spacial score (nSPS) is 12.9. The lowest BCUT2D eigenvalue weighted by Gasteiger charge is -2.15. The van der Waals surface area contributed by atoms with Crippen molar-refractivity contribution in [2.75, 3.05) is 6.54 Å². The van der Waals surface area contributed by atoms with Gasteiger partial charge in [0.2, 0.25) is 0 Å². The van der Waals surface area contributed by atoms with Gasteiger partial charge in [-0.05, 0) is 40.7 Å². The zero-order valence-corrected chi connectivity index (χ0v) is 13.3. The van der Waals surface area contributed by atoms with Crippen molar-refractivity contribution < 1.29 is 0 Å². The molecule has 5 heteroatoms. The molecule has 2 heterocycles. The van der Waals surface area contributed by atoms with Crippen LogP contribution in [0.15, 0.2) is 28.1 Å². The number of hydrogen-bond donors (Lipinski definition) is 1. The van der Waals surface area contributed by atoms with Crippen LogP contribution in [0, 0.1) is 0 Å². The Morgan fingerprint density at radius 3 is 2.82 bits per heavy atom. The largest absolute Gasteiger partial charge is 0.309 e. The van der Waals surface area contributed by atoms with Crippen molar-refractivity contribution in [3.05, 3.63) is 42.1 Å². The maximum Gasteiger partial charge on any atom is 0.0931 e. The SMILES string of the molecule is CCNC(Cc1ccc(Cl)s1)c1cc(Br)cs1. The summed E-state index contributed by atoms with van der Waals surface area (Å²) in [5.74, 6) is 0. The van der Waals surface area contributed by atoms with Gasteiger partial charge in [0.25, 0.3) is 0 Å².